The van der Waals surface area contributed by atoms with Crippen molar-refractivity contribution in [3.05, 3.63) is 65.6 Å². The number of carbonyl (C=O) groups excluding carboxylic acids is 1. The van der Waals surface area contributed by atoms with Gasteiger partial charge in [0.2, 0.25) is 0 Å². The van der Waals surface area contributed by atoms with Gasteiger partial charge in [0.25, 0.3) is 5.91 Å². The minimum absolute atomic E-state index is 0.0505. The highest BCUT2D eigenvalue weighted by Gasteiger charge is 2.29. The lowest BCUT2D eigenvalue weighted by molar-refractivity contribution is 0.0935. The Labute approximate surface area is 164 Å². The van der Waals surface area contributed by atoms with Crippen molar-refractivity contribution in [1.82, 2.24) is 25.3 Å². The van der Waals surface area contributed by atoms with E-state index in [0.29, 0.717) is 11.3 Å². The summed E-state index contributed by atoms with van der Waals surface area (Å²) in [4.78, 5) is 19.0. The number of benzene rings is 1. The molecule has 2 atom stereocenters. The molecule has 1 saturated carbocycles. The van der Waals surface area contributed by atoms with Crippen molar-refractivity contribution in [2.45, 2.75) is 45.2 Å². The first kappa shape index (κ1) is 18.2. The maximum atomic E-state index is 13.1. The van der Waals surface area contributed by atoms with Crippen LogP contribution in [-0.2, 0) is 0 Å². The second-order valence-corrected chi connectivity index (χ2v) is 7.32. The van der Waals surface area contributed by atoms with Gasteiger partial charge >= 0.3 is 0 Å². The van der Waals surface area contributed by atoms with Crippen LogP contribution < -0.4 is 10.6 Å². The third-order valence-corrected chi connectivity index (χ3v) is 5.11. The predicted molar refractivity (Wildman–Crippen MR) is 108 cm³/mol. The summed E-state index contributed by atoms with van der Waals surface area (Å²) in [6, 6.07) is 9.95. The molecule has 2 aromatic heterocycles. The summed E-state index contributed by atoms with van der Waals surface area (Å²) in [5.41, 5.74) is 3.40. The van der Waals surface area contributed by atoms with Gasteiger partial charge in [-0.3, -0.25) is 4.79 Å². The van der Waals surface area contributed by atoms with Crippen molar-refractivity contribution in [3.63, 3.8) is 0 Å². The molecule has 2 N–H and O–H groups in total. The molecule has 4 rings (SSSR count). The van der Waals surface area contributed by atoms with E-state index in [0.717, 1.165) is 36.2 Å². The minimum atomic E-state index is -0.105. The SMILES string of the molecule is Cc1ccc(N[C@H]2CCC[C@@H]2NC(=O)c2cc(C)ccc2-n2nccn2)nc1. The molecule has 2 heterocycles. The summed E-state index contributed by atoms with van der Waals surface area (Å²) < 4.78 is 0. The standard InChI is InChI=1S/C21H24N6O/c1-14-6-8-19(27-23-10-11-24-27)16(12-14)21(28)26-18-5-3-4-17(18)25-20-9-7-15(2)13-22-20/h6-13,17-18H,3-5H2,1-2H3,(H,22,25)(H,26,28)/t17-,18-/m0/s1. The van der Waals surface area contributed by atoms with Gasteiger partial charge in [0.05, 0.1) is 23.6 Å². The zero-order valence-corrected chi connectivity index (χ0v) is 16.1. The maximum absolute atomic E-state index is 13.1. The van der Waals surface area contributed by atoms with Crippen LogP contribution in [0.4, 0.5) is 5.82 Å². The number of rotatable bonds is 5. The highest BCUT2D eigenvalue weighted by molar-refractivity contribution is 5.98. The Kier molecular flexibility index (Phi) is 5.06. The molecule has 0 aliphatic heterocycles. The van der Waals surface area contributed by atoms with Crippen LogP contribution in [0, 0.1) is 13.8 Å². The van der Waals surface area contributed by atoms with E-state index in [9.17, 15) is 4.79 Å². The number of amides is 1. The monoisotopic (exact) mass is 376 g/mol. The number of carbonyl (C=O) groups is 1. The molecule has 3 aromatic rings. The van der Waals surface area contributed by atoms with Gasteiger partial charge in [-0.1, -0.05) is 17.7 Å². The van der Waals surface area contributed by atoms with E-state index in [1.165, 1.54) is 4.80 Å². The zero-order valence-electron chi connectivity index (χ0n) is 16.1. The average Bonchev–Trinajstić information content (AvgIpc) is 3.36. The molecule has 1 aliphatic carbocycles. The van der Waals surface area contributed by atoms with E-state index < -0.39 is 0 Å². The number of pyridine rings is 1. The molecule has 1 amide bonds. The molecule has 0 bridgehead atoms. The van der Waals surface area contributed by atoms with Gasteiger partial charge in [0.1, 0.15) is 5.82 Å². The van der Waals surface area contributed by atoms with Crippen LogP contribution >= 0.6 is 0 Å². The van der Waals surface area contributed by atoms with E-state index in [2.05, 4.69) is 25.8 Å². The average molecular weight is 376 g/mol. The lowest BCUT2D eigenvalue weighted by Crippen LogP contribution is -2.43. The zero-order chi connectivity index (χ0) is 19.5. The molecular weight excluding hydrogens is 352 g/mol. The first-order valence-corrected chi connectivity index (χ1v) is 9.57. The van der Waals surface area contributed by atoms with Gasteiger partial charge in [-0.25, -0.2) is 4.98 Å². The third kappa shape index (κ3) is 3.88. The molecule has 1 aliphatic rings. The minimum Gasteiger partial charge on any atom is -0.365 e. The molecule has 1 aromatic carbocycles. The maximum Gasteiger partial charge on any atom is 0.253 e. The van der Waals surface area contributed by atoms with Crippen molar-refractivity contribution < 1.29 is 4.79 Å². The summed E-state index contributed by atoms with van der Waals surface area (Å²) in [7, 11) is 0. The number of nitrogens with zero attached hydrogens (tertiary/aromatic N) is 4. The van der Waals surface area contributed by atoms with Crippen LogP contribution in [0.2, 0.25) is 0 Å². The molecule has 0 unspecified atom stereocenters. The van der Waals surface area contributed by atoms with Crippen LogP contribution in [0.3, 0.4) is 0 Å². The second kappa shape index (κ2) is 7.80. The predicted octanol–water partition coefficient (Wildman–Crippen LogP) is 3.04. The molecule has 0 spiro atoms. The topological polar surface area (TPSA) is 84.7 Å². The van der Waals surface area contributed by atoms with Crippen molar-refractivity contribution in [2.24, 2.45) is 0 Å². The molecule has 144 valence electrons. The van der Waals surface area contributed by atoms with Crippen molar-refractivity contribution >= 4 is 11.7 Å². The van der Waals surface area contributed by atoms with Gasteiger partial charge in [-0.15, -0.1) is 0 Å². The van der Waals surface area contributed by atoms with Crippen LogP contribution in [0.5, 0.6) is 0 Å². The van der Waals surface area contributed by atoms with Crippen LogP contribution in [-0.4, -0.2) is 38.0 Å². The smallest absolute Gasteiger partial charge is 0.253 e. The van der Waals surface area contributed by atoms with E-state index in [1.54, 1.807) is 12.4 Å². The quantitative estimate of drug-likeness (QED) is 0.715. The van der Waals surface area contributed by atoms with E-state index in [1.807, 2.05) is 50.4 Å². The Balaban J connectivity index is 1.51. The summed E-state index contributed by atoms with van der Waals surface area (Å²) >= 11 is 0. The van der Waals surface area contributed by atoms with E-state index >= 15 is 0 Å². The summed E-state index contributed by atoms with van der Waals surface area (Å²) in [6.45, 7) is 3.99. The summed E-state index contributed by atoms with van der Waals surface area (Å²) in [5, 5.41) is 15.0. The molecular formula is C21H24N6O. The Bertz CT molecular complexity index is 952. The molecule has 7 nitrogen and oxygen atoms in total. The van der Waals surface area contributed by atoms with Gasteiger partial charge in [0.15, 0.2) is 0 Å². The summed E-state index contributed by atoms with van der Waals surface area (Å²) in [5.74, 6) is 0.736. The molecule has 28 heavy (non-hydrogen) atoms. The Morgan fingerprint density at radius 2 is 1.79 bits per heavy atom. The van der Waals surface area contributed by atoms with Gasteiger partial charge < -0.3 is 10.6 Å². The van der Waals surface area contributed by atoms with Crippen molar-refractivity contribution in [3.8, 4) is 5.69 Å². The Morgan fingerprint density at radius 1 is 1.04 bits per heavy atom. The number of hydrogen-bond acceptors (Lipinski definition) is 5. The second-order valence-electron chi connectivity index (χ2n) is 7.32. The number of nitrogens with one attached hydrogen (secondary N) is 2. The number of aryl methyl sites for hydroxylation is 2. The molecule has 1 fully saturated rings. The van der Waals surface area contributed by atoms with Crippen molar-refractivity contribution in [1.29, 1.82) is 0 Å². The number of aromatic nitrogens is 4. The first-order chi connectivity index (χ1) is 13.6. The van der Waals surface area contributed by atoms with E-state index in [4.69, 9.17) is 0 Å². The number of anilines is 1. The molecule has 0 radical (unpaired) electrons. The largest absolute Gasteiger partial charge is 0.365 e. The molecule has 0 saturated heterocycles. The van der Waals surface area contributed by atoms with Crippen molar-refractivity contribution in [2.75, 3.05) is 5.32 Å². The van der Waals surface area contributed by atoms with Gasteiger partial charge in [-0.2, -0.15) is 15.0 Å². The Hall–Kier alpha value is -3.22. The van der Waals surface area contributed by atoms with Gasteiger partial charge in [-0.05, 0) is 56.9 Å². The van der Waals surface area contributed by atoms with Gasteiger partial charge in [0, 0.05) is 18.3 Å². The molecule has 7 heteroatoms. The van der Waals surface area contributed by atoms with E-state index in [-0.39, 0.29) is 18.0 Å². The van der Waals surface area contributed by atoms with Crippen LogP contribution in [0.1, 0.15) is 40.7 Å². The highest BCUT2D eigenvalue weighted by Crippen LogP contribution is 2.24. The lowest BCUT2D eigenvalue weighted by atomic mass is 10.1. The fraction of sp³-hybridized carbons (Fsp3) is 0.333. The number of hydrogen-bond donors (Lipinski definition) is 2. The first-order valence-electron chi connectivity index (χ1n) is 9.57. The third-order valence-electron chi connectivity index (χ3n) is 5.11. The lowest BCUT2D eigenvalue weighted by Gasteiger charge is -2.23. The fourth-order valence-electron chi connectivity index (χ4n) is 3.64. The van der Waals surface area contributed by atoms with Crippen LogP contribution in [0.15, 0.2) is 48.9 Å². The fourth-order valence-corrected chi connectivity index (χ4v) is 3.64. The van der Waals surface area contributed by atoms with Crippen LogP contribution in [0.25, 0.3) is 5.69 Å². The Morgan fingerprint density at radius 3 is 2.54 bits per heavy atom. The summed E-state index contributed by atoms with van der Waals surface area (Å²) in [6.07, 6.45) is 8.06. The normalized spacial score (nSPS) is 18.8. The highest BCUT2D eigenvalue weighted by atomic mass is 16.1.